The SMILES string of the molecule is CCC(CC)C(C)Nc1nc(NC)ncc1C. The molecule has 0 saturated carbocycles. The molecule has 1 aromatic rings. The van der Waals surface area contributed by atoms with Crippen LogP contribution in [-0.2, 0) is 0 Å². The van der Waals surface area contributed by atoms with Gasteiger partial charge in [-0.2, -0.15) is 4.98 Å². The summed E-state index contributed by atoms with van der Waals surface area (Å²) in [4.78, 5) is 8.64. The van der Waals surface area contributed by atoms with Crippen molar-refractivity contribution in [2.45, 2.75) is 46.6 Å². The molecule has 1 heterocycles. The molecule has 1 unspecified atom stereocenters. The van der Waals surface area contributed by atoms with Gasteiger partial charge in [-0.15, -0.1) is 0 Å². The van der Waals surface area contributed by atoms with Crippen LogP contribution in [0.5, 0.6) is 0 Å². The largest absolute Gasteiger partial charge is 0.367 e. The molecule has 0 fully saturated rings. The van der Waals surface area contributed by atoms with Crippen LogP contribution in [0.15, 0.2) is 6.20 Å². The Labute approximate surface area is 104 Å². The van der Waals surface area contributed by atoms with Gasteiger partial charge >= 0.3 is 0 Å². The number of nitrogens with one attached hydrogen (secondary N) is 2. The van der Waals surface area contributed by atoms with E-state index in [9.17, 15) is 0 Å². The van der Waals surface area contributed by atoms with Crippen LogP contribution in [0.3, 0.4) is 0 Å². The van der Waals surface area contributed by atoms with E-state index in [1.54, 1.807) is 0 Å². The van der Waals surface area contributed by atoms with Crippen LogP contribution in [0.4, 0.5) is 11.8 Å². The lowest BCUT2D eigenvalue weighted by Gasteiger charge is -2.23. The van der Waals surface area contributed by atoms with Gasteiger partial charge in [-0.05, 0) is 19.8 Å². The third-order valence-electron chi connectivity index (χ3n) is 3.32. The van der Waals surface area contributed by atoms with E-state index in [1.165, 1.54) is 12.8 Å². The Hall–Kier alpha value is -1.32. The molecule has 0 bridgehead atoms. The van der Waals surface area contributed by atoms with Gasteiger partial charge in [0, 0.05) is 24.8 Å². The Morgan fingerprint density at radius 3 is 2.47 bits per heavy atom. The van der Waals surface area contributed by atoms with Crippen molar-refractivity contribution >= 4 is 11.8 Å². The van der Waals surface area contributed by atoms with Crippen molar-refractivity contribution in [1.29, 1.82) is 0 Å². The Morgan fingerprint density at radius 2 is 1.94 bits per heavy atom. The highest BCUT2D eigenvalue weighted by Gasteiger charge is 2.14. The third-order valence-corrected chi connectivity index (χ3v) is 3.32. The number of aryl methyl sites for hydroxylation is 1. The standard InChI is InChI=1S/C13H24N4/c1-6-11(7-2)10(4)16-12-9(3)8-15-13(14-5)17-12/h8,10-11H,6-7H2,1-5H3,(H2,14,15,16,17). The van der Waals surface area contributed by atoms with Crippen LogP contribution in [0.2, 0.25) is 0 Å². The molecule has 1 atom stereocenters. The molecule has 0 radical (unpaired) electrons. The van der Waals surface area contributed by atoms with Gasteiger partial charge in [0.2, 0.25) is 5.95 Å². The first-order valence-electron chi connectivity index (χ1n) is 6.40. The maximum atomic E-state index is 4.45. The van der Waals surface area contributed by atoms with Crippen LogP contribution < -0.4 is 10.6 Å². The highest BCUT2D eigenvalue weighted by molar-refractivity contribution is 5.46. The van der Waals surface area contributed by atoms with E-state index >= 15 is 0 Å². The number of hydrogen-bond acceptors (Lipinski definition) is 4. The van der Waals surface area contributed by atoms with Gasteiger partial charge in [-0.1, -0.05) is 26.7 Å². The number of rotatable bonds is 6. The summed E-state index contributed by atoms with van der Waals surface area (Å²) in [7, 11) is 1.83. The highest BCUT2D eigenvalue weighted by atomic mass is 15.1. The van der Waals surface area contributed by atoms with Crippen molar-refractivity contribution in [2.75, 3.05) is 17.7 Å². The summed E-state index contributed by atoms with van der Waals surface area (Å²) in [6.07, 6.45) is 4.22. The topological polar surface area (TPSA) is 49.8 Å². The highest BCUT2D eigenvalue weighted by Crippen LogP contribution is 2.19. The summed E-state index contributed by atoms with van der Waals surface area (Å²) in [5.74, 6) is 2.28. The van der Waals surface area contributed by atoms with Crippen molar-refractivity contribution in [3.8, 4) is 0 Å². The third kappa shape index (κ3) is 3.58. The molecule has 0 aliphatic rings. The lowest BCUT2D eigenvalue weighted by Crippen LogP contribution is -2.26. The van der Waals surface area contributed by atoms with E-state index in [1.807, 2.05) is 20.2 Å². The van der Waals surface area contributed by atoms with Crippen LogP contribution in [0, 0.1) is 12.8 Å². The van der Waals surface area contributed by atoms with E-state index in [2.05, 4.69) is 41.4 Å². The zero-order valence-electron chi connectivity index (χ0n) is 11.5. The molecule has 0 aliphatic carbocycles. The number of hydrogen-bond donors (Lipinski definition) is 2. The normalized spacial score (nSPS) is 12.6. The molecule has 1 aromatic heterocycles. The summed E-state index contributed by atoms with van der Waals surface area (Å²) in [6, 6.07) is 0.434. The van der Waals surface area contributed by atoms with Crippen molar-refractivity contribution < 1.29 is 0 Å². The van der Waals surface area contributed by atoms with Crippen molar-refractivity contribution in [2.24, 2.45) is 5.92 Å². The second kappa shape index (κ2) is 6.42. The van der Waals surface area contributed by atoms with Gasteiger partial charge in [-0.25, -0.2) is 4.98 Å². The Morgan fingerprint density at radius 1 is 1.29 bits per heavy atom. The maximum absolute atomic E-state index is 4.45. The first-order chi connectivity index (χ1) is 8.12. The summed E-state index contributed by atoms with van der Waals surface area (Å²) < 4.78 is 0. The number of aromatic nitrogens is 2. The van der Waals surface area contributed by atoms with Crippen LogP contribution in [0.1, 0.15) is 39.2 Å². The lowest BCUT2D eigenvalue weighted by atomic mass is 9.95. The van der Waals surface area contributed by atoms with E-state index in [-0.39, 0.29) is 0 Å². The fourth-order valence-electron chi connectivity index (χ4n) is 2.04. The van der Waals surface area contributed by atoms with Crippen molar-refractivity contribution in [1.82, 2.24) is 9.97 Å². The molecule has 17 heavy (non-hydrogen) atoms. The zero-order valence-corrected chi connectivity index (χ0v) is 11.5. The van der Waals surface area contributed by atoms with Crippen molar-refractivity contribution in [3.63, 3.8) is 0 Å². The molecule has 0 amide bonds. The first-order valence-corrected chi connectivity index (χ1v) is 6.40. The second-order valence-electron chi connectivity index (χ2n) is 4.48. The molecular formula is C13H24N4. The predicted molar refractivity (Wildman–Crippen MR) is 73.5 cm³/mol. The van der Waals surface area contributed by atoms with Gasteiger partial charge in [-0.3, -0.25) is 0 Å². The molecule has 2 N–H and O–H groups in total. The van der Waals surface area contributed by atoms with Gasteiger partial charge in [0.1, 0.15) is 5.82 Å². The minimum absolute atomic E-state index is 0.434. The summed E-state index contributed by atoms with van der Waals surface area (Å²) in [6.45, 7) is 8.72. The molecule has 4 heteroatoms. The van der Waals surface area contributed by atoms with Crippen LogP contribution >= 0.6 is 0 Å². The zero-order chi connectivity index (χ0) is 12.8. The van der Waals surface area contributed by atoms with Gasteiger partial charge < -0.3 is 10.6 Å². The Balaban J connectivity index is 2.79. The number of nitrogens with zero attached hydrogens (tertiary/aromatic N) is 2. The summed E-state index contributed by atoms with van der Waals surface area (Å²) >= 11 is 0. The molecule has 0 spiro atoms. The predicted octanol–water partition coefficient (Wildman–Crippen LogP) is 3.06. The van der Waals surface area contributed by atoms with E-state index in [4.69, 9.17) is 0 Å². The molecule has 0 saturated heterocycles. The molecular weight excluding hydrogens is 212 g/mol. The second-order valence-corrected chi connectivity index (χ2v) is 4.48. The van der Waals surface area contributed by atoms with E-state index < -0.39 is 0 Å². The molecule has 1 rings (SSSR count). The monoisotopic (exact) mass is 236 g/mol. The average Bonchev–Trinajstić information content (AvgIpc) is 2.33. The fraction of sp³-hybridized carbons (Fsp3) is 0.692. The molecule has 0 aliphatic heterocycles. The Kier molecular flexibility index (Phi) is 5.19. The van der Waals surface area contributed by atoms with E-state index in [0.29, 0.717) is 17.9 Å². The van der Waals surface area contributed by atoms with E-state index in [0.717, 1.165) is 11.4 Å². The summed E-state index contributed by atoms with van der Waals surface area (Å²) in [5, 5.41) is 6.46. The van der Waals surface area contributed by atoms with Crippen LogP contribution in [-0.4, -0.2) is 23.1 Å². The van der Waals surface area contributed by atoms with Gasteiger partial charge in [0.15, 0.2) is 0 Å². The number of anilines is 2. The molecule has 96 valence electrons. The fourth-order valence-corrected chi connectivity index (χ4v) is 2.04. The van der Waals surface area contributed by atoms with Gasteiger partial charge in [0.25, 0.3) is 0 Å². The lowest BCUT2D eigenvalue weighted by molar-refractivity contribution is 0.437. The Bertz CT molecular complexity index is 347. The minimum atomic E-state index is 0.434. The quantitative estimate of drug-likeness (QED) is 0.797. The minimum Gasteiger partial charge on any atom is -0.367 e. The smallest absolute Gasteiger partial charge is 0.224 e. The van der Waals surface area contributed by atoms with Gasteiger partial charge in [0.05, 0.1) is 0 Å². The summed E-state index contributed by atoms with van der Waals surface area (Å²) in [5.41, 5.74) is 1.09. The molecule has 0 aromatic carbocycles. The molecule has 4 nitrogen and oxygen atoms in total. The van der Waals surface area contributed by atoms with Crippen LogP contribution in [0.25, 0.3) is 0 Å². The van der Waals surface area contributed by atoms with Crippen molar-refractivity contribution in [3.05, 3.63) is 11.8 Å². The first kappa shape index (κ1) is 13.7. The average molecular weight is 236 g/mol. The maximum Gasteiger partial charge on any atom is 0.224 e.